The molecule has 1 aromatic carbocycles. The van der Waals surface area contributed by atoms with E-state index in [2.05, 4.69) is 0 Å². The van der Waals surface area contributed by atoms with E-state index in [0.717, 1.165) is 17.6 Å². The predicted molar refractivity (Wildman–Crippen MR) is 97.2 cm³/mol. The zero-order valence-corrected chi connectivity index (χ0v) is 14.9. The third kappa shape index (κ3) is 2.99. The first kappa shape index (κ1) is 17.4. The van der Waals surface area contributed by atoms with Crippen molar-refractivity contribution in [2.24, 2.45) is 11.3 Å². The highest BCUT2D eigenvalue weighted by atomic mass is 16.5. The first-order valence-electron chi connectivity index (χ1n) is 9.40. The van der Waals surface area contributed by atoms with E-state index in [0.29, 0.717) is 44.7 Å². The SMILES string of the molecule is O=C1CCC(c2ccccc2)=C1CC(=O)N1C[C@@H]2CCOC[C@]2(CO)C1. The molecular weight excluding hydrogens is 330 g/mol. The number of fused-ring (bicyclic) bond motifs is 1. The molecule has 26 heavy (non-hydrogen) atoms. The van der Waals surface area contributed by atoms with Crippen molar-refractivity contribution in [1.29, 1.82) is 0 Å². The van der Waals surface area contributed by atoms with E-state index in [4.69, 9.17) is 4.74 Å². The fraction of sp³-hybridized carbons (Fsp3) is 0.524. The van der Waals surface area contributed by atoms with Gasteiger partial charge in [-0.25, -0.2) is 0 Å². The van der Waals surface area contributed by atoms with Crippen LogP contribution in [0, 0.1) is 11.3 Å². The summed E-state index contributed by atoms with van der Waals surface area (Å²) < 4.78 is 5.57. The highest BCUT2D eigenvalue weighted by Crippen LogP contribution is 2.42. The van der Waals surface area contributed by atoms with Crippen LogP contribution in [-0.2, 0) is 14.3 Å². The van der Waals surface area contributed by atoms with E-state index in [1.54, 1.807) is 0 Å². The summed E-state index contributed by atoms with van der Waals surface area (Å²) in [5, 5.41) is 9.89. The Kier molecular flexibility index (Phi) is 4.67. The number of amides is 1. The van der Waals surface area contributed by atoms with Gasteiger partial charge in [0.15, 0.2) is 5.78 Å². The second-order valence-corrected chi connectivity index (χ2v) is 7.76. The number of hydrogen-bond acceptors (Lipinski definition) is 4. The quantitative estimate of drug-likeness (QED) is 0.898. The zero-order chi connectivity index (χ0) is 18.1. The van der Waals surface area contributed by atoms with Crippen molar-refractivity contribution < 1.29 is 19.4 Å². The number of Topliss-reactive ketones (excluding diaryl/α,β-unsaturated/α-hetero) is 1. The van der Waals surface area contributed by atoms with Gasteiger partial charge in [0.05, 0.1) is 19.6 Å². The van der Waals surface area contributed by atoms with Gasteiger partial charge in [-0.3, -0.25) is 9.59 Å². The van der Waals surface area contributed by atoms with Crippen LogP contribution in [0.5, 0.6) is 0 Å². The number of likely N-dealkylation sites (tertiary alicyclic amines) is 1. The molecular formula is C21H25NO4. The number of benzene rings is 1. The van der Waals surface area contributed by atoms with Crippen molar-refractivity contribution in [3.63, 3.8) is 0 Å². The van der Waals surface area contributed by atoms with Crippen molar-refractivity contribution in [1.82, 2.24) is 4.90 Å². The van der Waals surface area contributed by atoms with Gasteiger partial charge < -0.3 is 14.7 Å². The summed E-state index contributed by atoms with van der Waals surface area (Å²) in [6.07, 6.45) is 2.24. The summed E-state index contributed by atoms with van der Waals surface area (Å²) in [7, 11) is 0. The lowest BCUT2D eigenvalue weighted by Gasteiger charge is -2.36. The molecule has 0 spiro atoms. The number of aliphatic hydroxyl groups excluding tert-OH is 1. The van der Waals surface area contributed by atoms with Gasteiger partial charge in [-0.05, 0) is 29.9 Å². The molecule has 0 radical (unpaired) electrons. The molecule has 3 aliphatic rings. The average molecular weight is 355 g/mol. The van der Waals surface area contributed by atoms with Crippen molar-refractivity contribution in [3.8, 4) is 0 Å². The van der Waals surface area contributed by atoms with Crippen LogP contribution in [0.1, 0.15) is 31.2 Å². The Bertz CT molecular complexity index is 742. The number of aliphatic hydroxyl groups is 1. The second-order valence-electron chi connectivity index (χ2n) is 7.76. The molecule has 1 aromatic rings. The van der Waals surface area contributed by atoms with E-state index < -0.39 is 0 Å². The maximum Gasteiger partial charge on any atom is 0.227 e. The smallest absolute Gasteiger partial charge is 0.227 e. The normalized spacial score (nSPS) is 28.6. The molecule has 5 nitrogen and oxygen atoms in total. The number of rotatable bonds is 4. The van der Waals surface area contributed by atoms with Crippen LogP contribution in [0.25, 0.3) is 5.57 Å². The molecule has 0 aromatic heterocycles. The Morgan fingerprint density at radius 2 is 2.08 bits per heavy atom. The molecule has 0 unspecified atom stereocenters. The van der Waals surface area contributed by atoms with Gasteiger partial charge in [-0.2, -0.15) is 0 Å². The second kappa shape index (κ2) is 6.97. The van der Waals surface area contributed by atoms with E-state index in [1.165, 1.54) is 0 Å². The van der Waals surface area contributed by atoms with Crippen LogP contribution in [-0.4, -0.2) is 54.6 Å². The molecule has 2 aliphatic heterocycles. The van der Waals surface area contributed by atoms with Crippen molar-refractivity contribution >= 4 is 17.3 Å². The maximum atomic E-state index is 12.9. The maximum absolute atomic E-state index is 12.9. The Balaban J connectivity index is 1.53. The van der Waals surface area contributed by atoms with E-state index in [-0.39, 0.29) is 36.1 Å². The fourth-order valence-electron chi connectivity index (χ4n) is 4.64. The van der Waals surface area contributed by atoms with Crippen molar-refractivity contribution in [3.05, 3.63) is 41.5 Å². The van der Waals surface area contributed by atoms with Crippen LogP contribution in [0.15, 0.2) is 35.9 Å². The lowest BCUT2D eigenvalue weighted by atomic mass is 9.76. The largest absolute Gasteiger partial charge is 0.396 e. The highest BCUT2D eigenvalue weighted by molar-refractivity contribution is 6.10. The molecule has 2 saturated heterocycles. The molecule has 5 heteroatoms. The van der Waals surface area contributed by atoms with Crippen LogP contribution in [0.3, 0.4) is 0 Å². The summed E-state index contributed by atoms with van der Waals surface area (Å²) >= 11 is 0. The third-order valence-corrected chi connectivity index (χ3v) is 6.23. The predicted octanol–water partition coefficient (Wildman–Crippen LogP) is 2.05. The minimum absolute atomic E-state index is 0.00842. The Labute approximate surface area is 153 Å². The lowest BCUT2D eigenvalue weighted by Crippen LogP contribution is -2.43. The number of carbonyl (C=O) groups is 2. The topological polar surface area (TPSA) is 66.8 Å². The molecule has 1 amide bonds. The van der Waals surface area contributed by atoms with Crippen LogP contribution < -0.4 is 0 Å². The molecule has 1 N–H and O–H groups in total. The summed E-state index contributed by atoms with van der Waals surface area (Å²) in [5.41, 5.74) is 2.40. The van der Waals surface area contributed by atoms with Gasteiger partial charge in [-0.15, -0.1) is 0 Å². The lowest BCUT2D eigenvalue weighted by molar-refractivity contribution is -0.131. The van der Waals surface area contributed by atoms with Gasteiger partial charge in [0.1, 0.15) is 0 Å². The van der Waals surface area contributed by atoms with Crippen molar-refractivity contribution in [2.45, 2.75) is 25.7 Å². The molecule has 4 rings (SSSR count). The Morgan fingerprint density at radius 3 is 2.81 bits per heavy atom. The average Bonchev–Trinajstić information content (AvgIpc) is 3.24. The first-order valence-corrected chi connectivity index (χ1v) is 9.40. The third-order valence-electron chi connectivity index (χ3n) is 6.23. The summed E-state index contributed by atoms with van der Waals surface area (Å²) in [6, 6.07) is 9.87. The summed E-state index contributed by atoms with van der Waals surface area (Å²) in [5.74, 6) is 0.368. The van der Waals surface area contributed by atoms with Gasteiger partial charge in [-0.1, -0.05) is 30.3 Å². The number of allylic oxidation sites excluding steroid dienone is 1. The number of ketones is 1. The van der Waals surface area contributed by atoms with Crippen molar-refractivity contribution in [2.75, 3.05) is 32.9 Å². The van der Waals surface area contributed by atoms with Gasteiger partial charge in [0, 0.05) is 37.1 Å². The fourth-order valence-corrected chi connectivity index (χ4v) is 4.64. The molecule has 2 heterocycles. The van der Waals surface area contributed by atoms with Crippen LogP contribution in [0.4, 0.5) is 0 Å². The van der Waals surface area contributed by atoms with E-state index in [1.807, 2.05) is 35.2 Å². The molecule has 2 atom stereocenters. The monoisotopic (exact) mass is 355 g/mol. The summed E-state index contributed by atoms with van der Waals surface area (Å²) in [6.45, 7) is 2.42. The number of carbonyl (C=O) groups excluding carboxylic acids is 2. The number of ether oxygens (including phenoxy) is 1. The zero-order valence-electron chi connectivity index (χ0n) is 14.9. The standard InChI is InChI=1S/C21H25NO4/c23-13-21-12-22(11-16(21)8-9-26-14-21)20(25)10-18-17(6-7-19(18)24)15-4-2-1-3-5-15/h1-5,16,23H,6-14H2/t16-,21+/m0/s1. The Hall–Kier alpha value is -1.98. The molecule has 1 aliphatic carbocycles. The summed E-state index contributed by atoms with van der Waals surface area (Å²) in [4.78, 5) is 27.2. The van der Waals surface area contributed by atoms with Crippen LogP contribution in [0.2, 0.25) is 0 Å². The molecule has 0 bridgehead atoms. The minimum atomic E-state index is -0.329. The minimum Gasteiger partial charge on any atom is -0.396 e. The molecule has 0 saturated carbocycles. The highest BCUT2D eigenvalue weighted by Gasteiger charge is 2.49. The van der Waals surface area contributed by atoms with Gasteiger partial charge in [0.2, 0.25) is 5.91 Å². The Morgan fingerprint density at radius 1 is 1.27 bits per heavy atom. The van der Waals surface area contributed by atoms with Crippen LogP contribution >= 0.6 is 0 Å². The number of nitrogens with zero attached hydrogens (tertiary/aromatic N) is 1. The van der Waals surface area contributed by atoms with E-state index >= 15 is 0 Å². The van der Waals surface area contributed by atoms with Gasteiger partial charge in [0.25, 0.3) is 0 Å². The molecule has 2 fully saturated rings. The van der Waals surface area contributed by atoms with Gasteiger partial charge >= 0.3 is 0 Å². The molecule has 138 valence electrons. The first-order chi connectivity index (χ1) is 12.6. The van der Waals surface area contributed by atoms with E-state index in [9.17, 15) is 14.7 Å². The number of hydrogen-bond donors (Lipinski definition) is 1.